The summed E-state index contributed by atoms with van der Waals surface area (Å²) >= 11 is 0. The van der Waals surface area contributed by atoms with Gasteiger partial charge in [0.15, 0.2) is 0 Å². The van der Waals surface area contributed by atoms with E-state index in [0.29, 0.717) is 19.4 Å². The maximum absolute atomic E-state index is 12.3. The summed E-state index contributed by atoms with van der Waals surface area (Å²) < 4.78 is 26.7. The maximum Gasteiger partial charge on any atom is 0.240 e. The minimum absolute atomic E-state index is 0.0414. The van der Waals surface area contributed by atoms with Gasteiger partial charge in [-0.15, -0.1) is 0 Å². The second kappa shape index (κ2) is 9.67. The lowest BCUT2D eigenvalue weighted by molar-refractivity contribution is -0.116. The summed E-state index contributed by atoms with van der Waals surface area (Å²) in [6, 6.07) is 12.7. The molecule has 2 N–H and O–H groups in total. The van der Waals surface area contributed by atoms with Gasteiger partial charge in [-0.25, -0.2) is 13.1 Å². The first-order valence-electron chi connectivity index (χ1n) is 9.34. The summed E-state index contributed by atoms with van der Waals surface area (Å²) in [5.74, 6) is -0.0414. The number of anilines is 1. The number of amides is 1. The van der Waals surface area contributed by atoms with Crippen molar-refractivity contribution < 1.29 is 13.2 Å². The van der Waals surface area contributed by atoms with E-state index in [1.165, 1.54) is 0 Å². The fraction of sp³-hybridized carbons (Fsp3) is 0.381. The Kier molecular flexibility index (Phi) is 7.56. The van der Waals surface area contributed by atoms with E-state index in [1.807, 2.05) is 32.0 Å². The molecular formula is C21H28N2O3S. The number of para-hydroxylation sites is 1. The number of benzene rings is 2. The summed E-state index contributed by atoms with van der Waals surface area (Å²) in [7, 11) is -3.45. The molecule has 0 aliphatic carbocycles. The van der Waals surface area contributed by atoms with Gasteiger partial charge < -0.3 is 5.32 Å². The molecule has 0 aromatic heterocycles. The molecule has 6 heteroatoms. The Bertz CT molecular complexity index is 875. The summed E-state index contributed by atoms with van der Waals surface area (Å²) in [5.41, 5.74) is 4.00. The Morgan fingerprint density at radius 3 is 2.37 bits per heavy atom. The minimum Gasteiger partial charge on any atom is -0.326 e. The van der Waals surface area contributed by atoms with Gasteiger partial charge in [0.25, 0.3) is 0 Å². The fourth-order valence-corrected chi connectivity index (χ4v) is 3.95. The topological polar surface area (TPSA) is 75.3 Å². The van der Waals surface area contributed by atoms with Crippen molar-refractivity contribution in [1.29, 1.82) is 0 Å². The number of carbonyl (C=O) groups is 1. The molecule has 0 radical (unpaired) electrons. The van der Waals surface area contributed by atoms with Crippen LogP contribution in [0, 0.1) is 6.92 Å². The van der Waals surface area contributed by atoms with Gasteiger partial charge in [0, 0.05) is 18.7 Å². The van der Waals surface area contributed by atoms with Crippen molar-refractivity contribution in [3.05, 3.63) is 59.2 Å². The average molecular weight is 389 g/mol. The third kappa shape index (κ3) is 5.91. The molecule has 2 aromatic rings. The number of nitrogens with one attached hydrogen (secondary N) is 2. The Hall–Kier alpha value is -2.18. The third-order valence-electron chi connectivity index (χ3n) is 4.42. The SMILES string of the molecule is CCCNS(=O)(=O)c1ccc(CCC(=O)Nc2c(C)cccc2CC)cc1. The molecule has 27 heavy (non-hydrogen) atoms. The van der Waals surface area contributed by atoms with Gasteiger partial charge in [-0.2, -0.15) is 0 Å². The number of hydrogen-bond acceptors (Lipinski definition) is 3. The Labute approximate surface area is 162 Å². The minimum atomic E-state index is -3.45. The van der Waals surface area contributed by atoms with Crippen molar-refractivity contribution in [2.24, 2.45) is 0 Å². The summed E-state index contributed by atoms with van der Waals surface area (Å²) in [5, 5.41) is 3.01. The first-order valence-corrected chi connectivity index (χ1v) is 10.8. The molecule has 2 rings (SSSR count). The van der Waals surface area contributed by atoms with Gasteiger partial charge >= 0.3 is 0 Å². The Balaban J connectivity index is 1.96. The third-order valence-corrected chi connectivity index (χ3v) is 5.90. The van der Waals surface area contributed by atoms with Gasteiger partial charge in [-0.05, 0) is 55.0 Å². The van der Waals surface area contributed by atoms with Gasteiger partial charge in [0.05, 0.1) is 4.90 Å². The lowest BCUT2D eigenvalue weighted by Crippen LogP contribution is -2.24. The second-order valence-corrected chi connectivity index (χ2v) is 8.32. The van der Waals surface area contributed by atoms with Crippen LogP contribution < -0.4 is 10.0 Å². The molecule has 0 atom stereocenters. The van der Waals surface area contributed by atoms with Gasteiger partial charge in [0.1, 0.15) is 0 Å². The van der Waals surface area contributed by atoms with Crippen LogP contribution in [0.15, 0.2) is 47.4 Å². The van der Waals surface area contributed by atoms with Crippen molar-refractivity contribution >= 4 is 21.6 Å². The molecule has 2 aromatic carbocycles. The number of rotatable bonds is 9. The van der Waals surface area contributed by atoms with Crippen LogP contribution in [0.3, 0.4) is 0 Å². The molecule has 0 unspecified atom stereocenters. The molecule has 1 amide bonds. The smallest absolute Gasteiger partial charge is 0.240 e. The van der Waals surface area contributed by atoms with Crippen molar-refractivity contribution in [2.75, 3.05) is 11.9 Å². The van der Waals surface area contributed by atoms with E-state index in [-0.39, 0.29) is 10.8 Å². The molecule has 0 aliphatic heterocycles. The van der Waals surface area contributed by atoms with Crippen LogP contribution in [-0.2, 0) is 27.7 Å². The Morgan fingerprint density at radius 1 is 1.04 bits per heavy atom. The molecule has 0 saturated heterocycles. The standard InChI is InChI=1S/C21H28N2O3S/c1-4-15-22-27(25,26)19-12-9-17(10-13-19)11-14-20(24)23-21-16(3)7-6-8-18(21)5-2/h6-10,12-13,22H,4-5,11,14-15H2,1-3H3,(H,23,24). The monoisotopic (exact) mass is 388 g/mol. The van der Waals surface area contributed by atoms with E-state index in [2.05, 4.69) is 17.0 Å². The number of carbonyl (C=O) groups excluding carboxylic acids is 1. The molecule has 5 nitrogen and oxygen atoms in total. The van der Waals surface area contributed by atoms with E-state index in [9.17, 15) is 13.2 Å². The fourth-order valence-electron chi connectivity index (χ4n) is 2.82. The molecule has 0 aliphatic rings. The first kappa shape index (κ1) is 21.1. The predicted molar refractivity (Wildman–Crippen MR) is 109 cm³/mol. The summed E-state index contributed by atoms with van der Waals surface area (Å²) in [6.07, 6.45) is 2.51. The maximum atomic E-state index is 12.3. The largest absolute Gasteiger partial charge is 0.326 e. The highest BCUT2D eigenvalue weighted by Gasteiger charge is 2.13. The highest BCUT2D eigenvalue weighted by atomic mass is 32.2. The van der Waals surface area contributed by atoms with E-state index < -0.39 is 10.0 Å². The normalized spacial score (nSPS) is 11.4. The van der Waals surface area contributed by atoms with Crippen molar-refractivity contribution in [3.8, 4) is 0 Å². The molecule has 146 valence electrons. The van der Waals surface area contributed by atoms with Gasteiger partial charge in [-0.3, -0.25) is 4.79 Å². The number of aryl methyl sites for hydroxylation is 3. The van der Waals surface area contributed by atoms with E-state index in [0.717, 1.165) is 35.2 Å². The lowest BCUT2D eigenvalue weighted by atomic mass is 10.1. The van der Waals surface area contributed by atoms with Crippen LogP contribution in [0.5, 0.6) is 0 Å². The zero-order chi connectivity index (χ0) is 19.9. The van der Waals surface area contributed by atoms with E-state index in [1.54, 1.807) is 24.3 Å². The number of hydrogen-bond donors (Lipinski definition) is 2. The van der Waals surface area contributed by atoms with Crippen molar-refractivity contribution in [1.82, 2.24) is 4.72 Å². The summed E-state index contributed by atoms with van der Waals surface area (Å²) in [6.45, 7) is 6.38. The van der Waals surface area contributed by atoms with Crippen LogP contribution in [-0.4, -0.2) is 20.9 Å². The molecule has 0 fully saturated rings. The molecule has 0 bridgehead atoms. The molecule has 0 saturated carbocycles. The quantitative estimate of drug-likeness (QED) is 0.686. The van der Waals surface area contributed by atoms with E-state index in [4.69, 9.17) is 0 Å². The van der Waals surface area contributed by atoms with Crippen LogP contribution in [0.2, 0.25) is 0 Å². The van der Waals surface area contributed by atoms with Crippen LogP contribution in [0.4, 0.5) is 5.69 Å². The Morgan fingerprint density at radius 2 is 1.74 bits per heavy atom. The first-order chi connectivity index (χ1) is 12.9. The van der Waals surface area contributed by atoms with E-state index >= 15 is 0 Å². The zero-order valence-electron chi connectivity index (χ0n) is 16.2. The predicted octanol–water partition coefficient (Wildman–Crippen LogP) is 3.82. The lowest BCUT2D eigenvalue weighted by Gasteiger charge is -2.13. The highest BCUT2D eigenvalue weighted by molar-refractivity contribution is 7.89. The highest BCUT2D eigenvalue weighted by Crippen LogP contribution is 2.21. The molecule has 0 heterocycles. The number of sulfonamides is 1. The summed E-state index contributed by atoms with van der Waals surface area (Å²) in [4.78, 5) is 12.6. The second-order valence-electron chi connectivity index (χ2n) is 6.55. The van der Waals surface area contributed by atoms with Crippen LogP contribution in [0.25, 0.3) is 0 Å². The molecular weight excluding hydrogens is 360 g/mol. The van der Waals surface area contributed by atoms with Crippen molar-refractivity contribution in [2.45, 2.75) is 51.3 Å². The average Bonchev–Trinajstić information content (AvgIpc) is 2.66. The van der Waals surface area contributed by atoms with Gasteiger partial charge in [0.2, 0.25) is 15.9 Å². The van der Waals surface area contributed by atoms with Crippen LogP contribution >= 0.6 is 0 Å². The molecule has 0 spiro atoms. The van der Waals surface area contributed by atoms with Crippen LogP contribution in [0.1, 0.15) is 43.4 Å². The van der Waals surface area contributed by atoms with Crippen molar-refractivity contribution in [3.63, 3.8) is 0 Å². The van der Waals surface area contributed by atoms with Gasteiger partial charge in [-0.1, -0.05) is 44.2 Å². The zero-order valence-corrected chi connectivity index (χ0v) is 17.0.